The maximum Gasteiger partial charge on any atom is 0.261 e. The quantitative estimate of drug-likeness (QED) is 0.655. The van der Waals surface area contributed by atoms with Crippen LogP contribution in [0.2, 0.25) is 0 Å². The Morgan fingerprint density at radius 2 is 1.63 bits per heavy atom. The Hall–Kier alpha value is -3.47. The van der Waals surface area contributed by atoms with E-state index in [1.165, 1.54) is 4.90 Å². The van der Waals surface area contributed by atoms with Crippen LogP contribution in [0.5, 0.6) is 11.6 Å². The molecule has 0 bridgehead atoms. The van der Waals surface area contributed by atoms with Crippen molar-refractivity contribution in [3.8, 4) is 11.6 Å². The summed E-state index contributed by atoms with van der Waals surface area (Å²) in [4.78, 5) is 31.3. The number of nitrogens with zero attached hydrogens (tertiary/aromatic N) is 2. The van der Waals surface area contributed by atoms with Crippen molar-refractivity contribution in [3.63, 3.8) is 0 Å². The van der Waals surface area contributed by atoms with Gasteiger partial charge in [0, 0.05) is 29.8 Å². The van der Waals surface area contributed by atoms with Crippen LogP contribution < -0.4 is 4.74 Å². The average Bonchev–Trinajstić information content (AvgIpc) is 2.86. The third-order valence-corrected chi connectivity index (χ3v) is 5.16. The third kappa shape index (κ3) is 2.51. The van der Waals surface area contributed by atoms with E-state index >= 15 is 0 Å². The maximum atomic E-state index is 12.8. The van der Waals surface area contributed by atoms with Gasteiger partial charge in [0.05, 0.1) is 11.1 Å². The molecule has 0 saturated carbocycles. The molecule has 2 amide bonds. The Morgan fingerprint density at radius 1 is 0.926 bits per heavy atom. The molecule has 27 heavy (non-hydrogen) atoms. The van der Waals surface area contributed by atoms with Crippen LogP contribution in [0.15, 0.2) is 66.9 Å². The molecule has 5 rings (SSSR count). The fourth-order valence-corrected chi connectivity index (χ4v) is 3.85. The molecule has 0 radical (unpaired) electrons. The van der Waals surface area contributed by atoms with Crippen LogP contribution in [0, 0.1) is 0 Å². The summed E-state index contributed by atoms with van der Waals surface area (Å²) in [6, 6.07) is 18.6. The van der Waals surface area contributed by atoms with Gasteiger partial charge < -0.3 is 4.74 Å². The number of ether oxygens (including phenoxy) is 1. The van der Waals surface area contributed by atoms with Crippen molar-refractivity contribution in [2.75, 3.05) is 6.54 Å². The van der Waals surface area contributed by atoms with E-state index in [4.69, 9.17) is 4.74 Å². The van der Waals surface area contributed by atoms with Crippen LogP contribution >= 0.6 is 0 Å². The van der Waals surface area contributed by atoms with Crippen molar-refractivity contribution in [3.05, 3.63) is 89.1 Å². The molecule has 3 heterocycles. The number of amides is 2. The highest BCUT2D eigenvalue weighted by Gasteiger charge is 2.37. The minimum Gasteiger partial charge on any atom is -0.438 e. The van der Waals surface area contributed by atoms with Gasteiger partial charge in [-0.05, 0) is 30.7 Å². The molecule has 5 heteroatoms. The summed E-state index contributed by atoms with van der Waals surface area (Å²) in [7, 11) is 0. The van der Waals surface area contributed by atoms with Crippen molar-refractivity contribution >= 4 is 11.8 Å². The highest BCUT2D eigenvalue weighted by Crippen LogP contribution is 2.39. The zero-order chi connectivity index (χ0) is 18.4. The zero-order valence-electron chi connectivity index (χ0n) is 14.5. The van der Waals surface area contributed by atoms with Gasteiger partial charge in [0.1, 0.15) is 5.75 Å². The molecular weight excluding hydrogens is 340 g/mol. The minimum atomic E-state index is -0.232. The van der Waals surface area contributed by atoms with Crippen LogP contribution in [0.1, 0.15) is 37.8 Å². The van der Waals surface area contributed by atoms with Crippen molar-refractivity contribution < 1.29 is 14.3 Å². The first-order valence-electron chi connectivity index (χ1n) is 8.88. The standard InChI is InChI=1S/C22H16N2O3/c25-21-17-8-1-2-9-18(17)22(26)24(21)13-15-12-14-6-5-11-23-20(14)27-19-10-4-3-7-16(15)19/h1-11,15H,12-13H2. The molecule has 0 aliphatic carbocycles. The molecule has 5 nitrogen and oxygen atoms in total. The van der Waals surface area contributed by atoms with Gasteiger partial charge in [0.15, 0.2) is 0 Å². The lowest BCUT2D eigenvalue weighted by Crippen LogP contribution is -2.34. The first-order valence-corrected chi connectivity index (χ1v) is 8.88. The number of imide groups is 1. The lowest BCUT2D eigenvalue weighted by atomic mass is 9.92. The topological polar surface area (TPSA) is 59.5 Å². The van der Waals surface area contributed by atoms with Crippen LogP contribution in [0.25, 0.3) is 0 Å². The van der Waals surface area contributed by atoms with Gasteiger partial charge in [-0.15, -0.1) is 0 Å². The van der Waals surface area contributed by atoms with Crippen molar-refractivity contribution in [2.24, 2.45) is 0 Å². The van der Waals surface area contributed by atoms with Gasteiger partial charge in [0.2, 0.25) is 5.88 Å². The number of hydrogen-bond acceptors (Lipinski definition) is 4. The number of benzene rings is 2. The summed E-state index contributed by atoms with van der Waals surface area (Å²) in [5.74, 6) is 0.773. The minimum absolute atomic E-state index is 0.0612. The second-order valence-corrected chi connectivity index (χ2v) is 6.78. The Morgan fingerprint density at radius 3 is 2.41 bits per heavy atom. The zero-order valence-corrected chi connectivity index (χ0v) is 14.5. The van der Waals surface area contributed by atoms with E-state index in [-0.39, 0.29) is 17.7 Å². The van der Waals surface area contributed by atoms with E-state index in [0.717, 1.165) is 16.9 Å². The van der Waals surface area contributed by atoms with Crippen LogP contribution in [-0.2, 0) is 6.42 Å². The van der Waals surface area contributed by atoms with E-state index in [9.17, 15) is 9.59 Å². The van der Waals surface area contributed by atoms with Gasteiger partial charge >= 0.3 is 0 Å². The van der Waals surface area contributed by atoms with Gasteiger partial charge in [-0.25, -0.2) is 4.98 Å². The van der Waals surface area contributed by atoms with Crippen LogP contribution in [0.3, 0.4) is 0 Å². The fourth-order valence-electron chi connectivity index (χ4n) is 3.85. The molecule has 1 aromatic heterocycles. The summed E-state index contributed by atoms with van der Waals surface area (Å²) in [5.41, 5.74) is 2.90. The summed E-state index contributed by atoms with van der Waals surface area (Å²) in [6.45, 7) is 0.307. The molecule has 0 fully saturated rings. The third-order valence-electron chi connectivity index (χ3n) is 5.16. The molecule has 2 aliphatic heterocycles. The van der Waals surface area contributed by atoms with E-state index < -0.39 is 0 Å². The highest BCUT2D eigenvalue weighted by molar-refractivity contribution is 6.21. The molecule has 1 unspecified atom stereocenters. The number of hydrogen-bond donors (Lipinski definition) is 0. The van der Waals surface area contributed by atoms with Crippen molar-refractivity contribution in [2.45, 2.75) is 12.3 Å². The molecular formula is C22H16N2O3. The summed E-state index contributed by atoms with van der Waals surface area (Å²) < 4.78 is 6.01. The first kappa shape index (κ1) is 15.8. The summed E-state index contributed by atoms with van der Waals surface area (Å²) >= 11 is 0. The number of para-hydroxylation sites is 1. The normalized spacial score (nSPS) is 17.6. The number of fused-ring (bicyclic) bond motifs is 3. The molecule has 0 N–H and O–H groups in total. The van der Waals surface area contributed by atoms with Gasteiger partial charge in [-0.3, -0.25) is 14.5 Å². The van der Waals surface area contributed by atoms with E-state index in [2.05, 4.69) is 4.98 Å². The molecule has 0 spiro atoms. The lowest BCUT2D eigenvalue weighted by molar-refractivity contribution is 0.0644. The molecule has 1 atom stereocenters. The molecule has 132 valence electrons. The fraction of sp³-hybridized carbons (Fsp3) is 0.136. The number of rotatable bonds is 2. The van der Waals surface area contributed by atoms with Crippen LogP contribution in [-0.4, -0.2) is 28.2 Å². The van der Waals surface area contributed by atoms with E-state index in [0.29, 0.717) is 30.0 Å². The Balaban J connectivity index is 1.54. The maximum absolute atomic E-state index is 12.8. The average molecular weight is 356 g/mol. The first-order chi connectivity index (χ1) is 13.2. The summed E-state index contributed by atoms with van der Waals surface area (Å²) in [5, 5.41) is 0. The largest absolute Gasteiger partial charge is 0.438 e. The van der Waals surface area contributed by atoms with Crippen molar-refractivity contribution in [1.29, 1.82) is 0 Å². The Bertz CT molecular complexity index is 1040. The highest BCUT2D eigenvalue weighted by atomic mass is 16.5. The molecule has 0 saturated heterocycles. The number of pyridine rings is 1. The molecule has 2 aliphatic rings. The number of aromatic nitrogens is 1. The SMILES string of the molecule is O=C1c2ccccc2C(=O)N1CC1Cc2cccnc2Oc2ccccc21. The van der Waals surface area contributed by atoms with Gasteiger partial charge in [0.25, 0.3) is 11.8 Å². The number of carbonyl (C=O) groups excluding carboxylic acids is 2. The van der Waals surface area contributed by atoms with Gasteiger partial charge in [-0.2, -0.15) is 0 Å². The Labute approximate surface area is 156 Å². The smallest absolute Gasteiger partial charge is 0.261 e. The second-order valence-electron chi connectivity index (χ2n) is 6.78. The van der Waals surface area contributed by atoms with E-state index in [1.807, 2.05) is 36.4 Å². The predicted octanol–water partition coefficient (Wildman–Crippen LogP) is 3.81. The van der Waals surface area contributed by atoms with Crippen molar-refractivity contribution in [1.82, 2.24) is 9.88 Å². The lowest BCUT2D eigenvalue weighted by Gasteiger charge is -2.22. The Kier molecular flexibility index (Phi) is 3.53. The summed E-state index contributed by atoms with van der Waals surface area (Å²) in [6.07, 6.45) is 2.35. The van der Waals surface area contributed by atoms with E-state index in [1.54, 1.807) is 30.5 Å². The predicted molar refractivity (Wildman–Crippen MR) is 99.0 cm³/mol. The number of carbonyl (C=O) groups is 2. The monoisotopic (exact) mass is 356 g/mol. The van der Waals surface area contributed by atoms with Crippen LogP contribution in [0.4, 0.5) is 0 Å². The van der Waals surface area contributed by atoms with Gasteiger partial charge in [-0.1, -0.05) is 36.4 Å². The molecule has 3 aromatic rings. The second kappa shape index (κ2) is 6.06. The molecule has 2 aromatic carbocycles.